The lowest BCUT2D eigenvalue weighted by Gasteiger charge is -2.38. The molecule has 2 saturated heterocycles. The molecule has 3 fully saturated rings. The molecule has 5 aromatic rings. The summed E-state index contributed by atoms with van der Waals surface area (Å²) in [4.78, 5) is 60.3. The Bertz CT molecular complexity index is 2360. The second-order valence-corrected chi connectivity index (χ2v) is 14.8. The van der Waals surface area contributed by atoms with Crippen molar-refractivity contribution in [2.24, 2.45) is 13.0 Å². The zero-order chi connectivity index (χ0) is 38.6. The molecule has 1 aromatic carbocycles. The molecule has 1 unspecified atom stereocenters. The third-order valence-electron chi connectivity index (χ3n) is 11.3. The zero-order valence-corrected chi connectivity index (χ0v) is 29.9. The summed E-state index contributed by atoms with van der Waals surface area (Å²) in [5.74, 6) is -1.52. The van der Waals surface area contributed by atoms with E-state index < -0.39 is 41.8 Å². The minimum atomic E-state index is -4.67. The number of alkyl halides is 4. The predicted octanol–water partition coefficient (Wildman–Crippen LogP) is 5.29. The molecule has 13 nitrogen and oxygen atoms in total. The van der Waals surface area contributed by atoms with Gasteiger partial charge in [0.2, 0.25) is 11.8 Å². The van der Waals surface area contributed by atoms with Gasteiger partial charge in [-0.05, 0) is 80.8 Å². The van der Waals surface area contributed by atoms with Gasteiger partial charge >= 0.3 is 11.9 Å². The number of hydrogen-bond acceptors (Lipinski definition) is 8. The van der Waals surface area contributed by atoms with Crippen LogP contribution in [0.2, 0.25) is 0 Å². The molecular formula is C38H39F4N9O4. The monoisotopic (exact) mass is 761 g/mol. The molecule has 3 amide bonds. The molecule has 3 atom stereocenters. The summed E-state index contributed by atoms with van der Waals surface area (Å²) in [6, 6.07) is 9.54. The number of halogens is 4. The number of hydrogen-bond donors (Lipinski definition) is 2. The molecule has 0 bridgehead atoms. The van der Waals surface area contributed by atoms with E-state index in [4.69, 9.17) is 5.10 Å². The number of piperidine rings is 2. The number of aryl methyl sites for hydroxylation is 1. The number of carbonyl (C=O) groups is 3. The number of anilines is 1. The molecule has 0 spiro atoms. The molecule has 1 aliphatic carbocycles. The molecule has 2 aliphatic heterocycles. The number of pyridine rings is 2. The Morgan fingerprint density at radius 2 is 1.80 bits per heavy atom. The van der Waals surface area contributed by atoms with E-state index in [1.807, 2.05) is 16.9 Å². The zero-order valence-electron chi connectivity index (χ0n) is 29.9. The minimum absolute atomic E-state index is 0.143. The van der Waals surface area contributed by atoms with E-state index in [0.29, 0.717) is 35.4 Å². The maximum Gasteiger partial charge on any atom is 0.433 e. The highest BCUT2D eigenvalue weighted by molar-refractivity contribution is 6.03. The topological polar surface area (TPSA) is 149 Å². The summed E-state index contributed by atoms with van der Waals surface area (Å²) < 4.78 is 60.1. The fourth-order valence-electron chi connectivity index (χ4n) is 8.54. The quantitative estimate of drug-likeness (QED) is 0.168. The fourth-order valence-corrected chi connectivity index (χ4v) is 8.54. The first-order valence-corrected chi connectivity index (χ1v) is 18.4. The van der Waals surface area contributed by atoms with Crippen molar-refractivity contribution in [2.45, 2.75) is 75.3 Å². The van der Waals surface area contributed by atoms with Crippen LogP contribution in [0.5, 0.6) is 0 Å². The number of fused-ring (bicyclic) bond motifs is 2. The Labute approximate surface area is 311 Å². The van der Waals surface area contributed by atoms with Crippen LogP contribution in [0, 0.1) is 5.92 Å². The number of rotatable bonds is 7. The largest absolute Gasteiger partial charge is 0.433 e. The van der Waals surface area contributed by atoms with E-state index in [-0.39, 0.29) is 48.5 Å². The summed E-state index contributed by atoms with van der Waals surface area (Å²) in [5.41, 5.74) is 0.650. The number of aromatic nitrogens is 6. The van der Waals surface area contributed by atoms with Gasteiger partial charge in [0.15, 0.2) is 0 Å². The van der Waals surface area contributed by atoms with Gasteiger partial charge in [-0.1, -0.05) is 18.2 Å². The summed E-state index contributed by atoms with van der Waals surface area (Å²) in [5, 5.41) is 10.3. The number of nitrogens with one attached hydrogen (secondary N) is 2. The molecule has 0 radical (unpaired) electrons. The summed E-state index contributed by atoms with van der Waals surface area (Å²) in [7, 11) is 1.64. The van der Waals surface area contributed by atoms with Crippen molar-refractivity contribution in [3.05, 3.63) is 82.3 Å². The molecule has 288 valence electrons. The van der Waals surface area contributed by atoms with Gasteiger partial charge < -0.3 is 10.2 Å². The van der Waals surface area contributed by atoms with E-state index in [1.165, 1.54) is 21.4 Å². The number of imidazole rings is 1. The maximum atomic E-state index is 16.1. The Balaban J connectivity index is 0.872. The third-order valence-corrected chi connectivity index (χ3v) is 11.3. The fraction of sp³-hybridized carbons (Fsp3) is 0.447. The van der Waals surface area contributed by atoms with Crippen molar-refractivity contribution in [2.75, 3.05) is 25.0 Å². The van der Waals surface area contributed by atoms with Gasteiger partial charge in [0.25, 0.3) is 5.91 Å². The number of benzene rings is 1. The van der Waals surface area contributed by atoms with Crippen molar-refractivity contribution < 1.29 is 31.9 Å². The highest BCUT2D eigenvalue weighted by Gasteiger charge is 2.37. The summed E-state index contributed by atoms with van der Waals surface area (Å²) >= 11 is 0. The predicted molar refractivity (Wildman–Crippen MR) is 193 cm³/mol. The second-order valence-electron chi connectivity index (χ2n) is 14.8. The molecular weight excluding hydrogens is 722 g/mol. The van der Waals surface area contributed by atoms with Crippen LogP contribution in [-0.4, -0.2) is 77.3 Å². The Morgan fingerprint density at radius 1 is 1.02 bits per heavy atom. The Kier molecular flexibility index (Phi) is 9.51. The van der Waals surface area contributed by atoms with Crippen LogP contribution in [0.15, 0.2) is 59.7 Å². The third kappa shape index (κ3) is 7.12. The Hall–Kier alpha value is -5.45. The van der Waals surface area contributed by atoms with Crippen LogP contribution in [0.4, 0.5) is 23.4 Å². The SMILES string of the molecule is Cn1c(=O)n(C2CCC(=O)NC2=O)c2cccc([C@H]3CCN(CC4CCC(n5cc6cc(NC(=O)c7cccc(C(F)(F)F)n7)ncc6n5)CC4)C[C@H]3F)c21. The number of para-hydroxylation sites is 1. The van der Waals surface area contributed by atoms with E-state index in [0.717, 1.165) is 55.3 Å². The van der Waals surface area contributed by atoms with Crippen molar-refractivity contribution in [1.29, 1.82) is 0 Å². The van der Waals surface area contributed by atoms with E-state index in [1.54, 1.807) is 25.2 Å². The second kappa shape index (κ2) is 14.3. The lowest BCUT2D eigenvalue weighted by atomic mass is 9.83. The van der Waals surface area contributed by atoms with Gasteiger partial charge in [-0.25, -0.2) is 19.2 Å². The van der Waals surface area contributed by atoms with Gasteiger partial charge in [0, 0.05) is 44.1 Å². The van der Waals surface area contributed by atoms with Crippen molar-refractivity contribution in [3.8, 4) is 0 Å². The van der Waals surface area contributed by atoms with Crippen LogP contribution in [0.3, 0.4) is 0 Å². The van der Waals surface area contributed by atoms with Crippen molar-refractivity contribution in [3.63, 3.8) is 0 Å². The smallest absolute Gasteiger partial charge is 0.305 e. The van der Waals surface area contributed by atoms with Crippen LogP contribution in [0.1, 0.15) is 84.7 Å². The van der Waals surface area contributed by atoms with Crippen molar-refractivity contribution >= 4 is 45.5 Å². The van der Waals surface area contributed by atoms with Gasteiger partial charge in [-0.15, -0.1) is 0 Å². The molecule has 17 heteroatoms. The molecule has 8 rings (SSSR count). The number of likely N-dealkylation sites (tertiary alicyclic amines) is 1. The standard InChI is InChI=1S/C38H39F4N9O4/c1-48-34-25(4-2-6-29(34)51(37(48)55)30-12-13-33(52)46-36(30)54)24-14-15-49(20-26(24)39)18-21-8-10-23(11-9-21)50-19-22-16-32(43-17-28(22)47-50)45-35(53)27-5-3-7-31(44-27)38(40,41)42/h2-7,16-17,19,21,23-24,26,30H,8-15,18,20H2,1H3,(H,45,53)(H,46,52,54)/t21?,23?,24-,26-,30?/m1/s1. The molecule has 55 heavy (non-hydrogen) atoms. The molecule has 3 aliphatic rings. The average Bonchev–Trinajstić information content (AvgIpc) is 3.69. The van der Waals surface area contributed by atoms with Crippen molar-refractivity contribution in [1.82, 2.24) is 39.1 Å². The normalized spacial score (nSPS) is 24.0. The lowest BCUT2D eigenvalue weighted by molar-refractivity contribution is -0.141. The minimum Gasteiger partial charge on any atom is -0.305 e. The van der Waals surface area contributed by atoms with Crippen LogP contribution < -0.4 is 16.3 Å². The van der Waals surface area contributed by atoms with Gasteiger partial charge in [0.1, 0.15) is 34.9 Å². The first-order chi connectivity index (χ1) is 26.3. The van der Waals surface area contributed by atoms with E-state index in [9.17, 15) is 32.3 Å². The van der Waals surface area contributed by atoms with Gasteiger partial charge in [-0.3, -0.25) is 33.5 Å². The number of imide groups is 1. The first-order valence-electron chi connectivity index (χ1n) is 18.4. The molecule has 1 saturated carbocycles. The molecule has 6 heterocycles. The highest BCUT2D eigenvalue weighted by Crippen LogP contribution is 2.38. The maximum absolute atomic E-state index is 16.1. The van der Waals surface area contributed by atoms with Gasteiger partial charge in [-0.2, -0.15) is 18.3 Å². The molecule has 2 N–H and O–H groups in total. The van der Waals surface area contributed by atoms with Crippen LogP contribution >= 0.6 is 0 Å². The number of nitrogens with zero attached hydrogens (tertiary/aromatic N) is 7. The van der Waals surface area contributed by atoms with E-state index in [2.05, 4.69) is 25.5 Å². The van der Waals surface area contributed by atoms with Crippen LogP contribution in [-0.2, 0) is 22.8 Å². The van der Waals surface area contributed by atoms with Gasteiger partial charge in [0.05, 0.1) is 23.3 Å². The van der Waals surface area contributed by atoms with Crippen LogP contribution in [0.25, 0.3) is 21.9 Å². The number of amides is 3. The average molecular weight is 762 g/mol. The summed E-state index contributed by atoms with van der Waals surface area (Å²) in [6.45, 7) is 1.77. The molecule has 4 aromatic heterocycles. The first kappa shape index (κ1) is 36.5. The number of carbonyl (C=O) groups excluding carboxylic acids is 3. The Morgan fingerprint density at radius 3 is 2.55 bits per heavy atom. The van der Waals surface area contributed by atoms with E-state index >= 15 is 4.39 Å². The lowest BCUT2D eigenvalue weighted by Crippen LogP contribution is -2.44. The summed E-state index contributed by atoms with van der Waals surface area (Å²) in [6.07, 6.45) is 2.18. The highest BCUT2D eigenvalue weighted by atomic mass is 19.4.